The first kappa shape index (κ1) is 17.4. The van der Waals surface area contributed by atoms with Crippen molar-refractivity contribution in [3.05, 3.63) is 0 Å². The molecule has 0 aromatic heterocycles. The van der Waals surface area contributed by atoms with Crippen LogP contribution in [0.4, 0.5) is 0 Å². The summed E-state index contributed by atoms with van der Waals surface area (Å²) >= 11 is 0. The standard InChI is InChI=1S/C14H31N3O/c1-2-3-4-5-6-7-8-9-14(18)17-13-12-16-11-10-15/h16H,2-13,15H2,1H3,(H,17,18). The molecule has 0 bridgehead atoms. The van der Waals surface area contributed by atoms with Crippen LogP contribution in [0.3, 0.4) is 0 Å². The van der Waals surface area contributed by atoms with E-state index in [0.29, 0.717) is 19.5 Å². The molecule has 108 valence electrons. The number of carbonyl (C=O) groups excluding carboxylic acids is 1. The van der Waals surface area contributed by atoms with Crippen molar-refractivity contribution >= 4 is 5.91 Å². The number of rotatable bonds is 13. The highest BCUT2D eigenvalue weighted by Crippen LogP contribution is 2.08. The Labute approximate surface area is 112 Å². The summed E-state index contributed by atoms with van der Waals surface area (Å²) in [5.41, 5.74) is 5.35. The van der Waals surface area contributed by atoms with E-state index in [1.165, 1.54) is 38.5 Å². The molecule has 0 saturated carbocycles. The summed E-state index contributed by atoms with van der Waals surface area (Å²) in [6.07, 6.45) is 9.44. The summed E-state index contributed by atoms with van der Waals surface area (Å²) in [4.78, 5) is 11.4. The predicted molar refractivity (Wildman–Crippen MR) is 77.5 cm³/mol. The van der Waals surface area contributed by atoms with E-state index in [1.54, 1.807) is 0 Å². The summed E-state index contributed by atoms with van der Waals surface area (Å²) in [6.45, 7) is 5.20. The molecule has 4 N–H and O–H groups in total. The molecular weight excluding hydrogens is 226 g/mol. The third-order valence-electron chi connectivity index (χ3n) is 2.95. The highest BCUT2D eigenvalue weighted by molar-refractivity contribution is 5.75. The second-order valence-corrected chi connectivity index (χ2v) is 4.76. The Hall–Kier alpha value is -0.610. The number of amides is 1. The van der Waals surface area contributed by atoms with Crippen LogP contribution in [0.15, 0.2) is 0 Å². The molecule has 4 nitrogen and oxygen atoms in total. The average molecular weight is 257 g/mol. The van der Waals surface area contributed by atoms with Crippen LogP contribution in [0.1, 0.15) is 58.3 Å². The van der Waals surface area contributed by atoms with Gasteiger partial charge in [0.2, 0.25) is 5.91 Å². The largest absolute Gasteiger partial charge is 0.355 e. The fourth-order valence-electron chi connectivity index (χ4n) is 1.85. The van der Waals surface area contributed by atoms with Crippen LogP contribution in [-0.4, -0.2) is 32.1 Å². The number of hydrogen-bond donors (Lipinski definition) is 3. The zero-order chi connectivity index (χ0) is 13.5. The van der Waals surface area contributed by atoms with Gasteiger partial charge in [-0.1, -0.05) is 45.4 Å². The highest BCUT2D eigenvalue weighted by Gasteiger charge is 1.99. The van der Waals surface area contributed by atoms with Gasteiger partial charge in [-0.2, -0.15) is 0 Å². The third-order valence-corrected chi connectivity index (χ3v) is 2.95. The summed E-state index contributed by atoms with van der Waals surface area (Å²) < 4.78 is 0. The highest BCUT2D eigenvalue weighted by atomic mass is 16.1. The summed E-state index contributed by atoms with van der Waals surface area (Å²) in [7, 11) is 0. The van der Waals surface area contributed by atoms with Gasteiger partial charge in [-0.05, 0) is 6.42 Å². The van der Waals surface area contributed by atoms with Crippen molar-refractivity contribution in [3.63, 3.8) is 0 Å². The monoisotopic (exact) mass is 257 g/mol. The first-order valence-electron chi connectivity index (χ1n) is 7.48. The first-order chi connectivity index (χ1) is 8.81. The van der Waals surface area contributed by atoms with Crippen LogP contribution in [0.5, 0.6) is 0 Å². The minimum Gasteiger partial charge on any atom is -0.355 e. The summed E-state index contributed by atoms with van der Waals surface area (Å²) in [5, 5.41) is 6.06. The lowest BCUT2D eigenvalue weighted by atomic mass is 10.1. The molecule has 18 heavy (non-hydrogen) atoms. The van der Waals surface area contributed by atoms with Crippen molar-refractivity contribution in [2.75, 3.05) is 26.2 Å². The molecule has 0 unspecified atom stereocenters. The Bertz CT molecular complexity index is 186. The van der Waals surface area contributed by atoms with Crippen molar-refractivity contribution in [2.24, 2.45) is 5.73 Å². The molecular formula is C14H31N3O. The average Bonchev–Trinajstić information content (AvgIpc) is 2.37. The fourth-order valence-corrected chi connectivity index (χ4v) is 1.85. The minimum absolute atomic E-state index is 0.179. The van der Waals surface area contributed by atoms with E-state index < -0.39 is 0 Å². The Kier molecular flexibility index (Phi) is 14.0. The molecule has 0 aliphatic rings. The van der Waals surface area contributed by atoms with E-state index in [0.717, 1.165) is 19.5 Å². The van der Waals surface area contributed by atoms with E-state index in [1.807, 2.05) is 0 Å². The number of carbonyl (C=O) groups is 1. The molecule has 0 aromatic rings. The molecule has 0 atom stereocenters. The van der Waals surface area contributed by atoms with Gasteiger partial charge < -0.3 is 16.4 Å². The van der Waals surface area contributed by atoms with E-state index in [4.69, 9.17) is 5.73 Å². The van der Waals surface area contributed by atoms with Gasteiger partial charge in [0.1, 0.15) is 0 Å². The zero-order valence-electron chi connectivity index (χ0n) is 12.0. The number of unbranched alkanes of at least 4 members (excludes halogenated alkanes) is 6. The summed E-state index contributed by atoms with van der Waals surface area (Å²) in [6, 6.07) is 0. The Morgan fingerprint density at radius 1 is 0.944 bits per heavy atom. The van der Waals surface area contributed by atoms with Crippen LogP contribution in [0.2, 0.25) is 0 Å². The van der Waals surface area contributed by atoms with Crippen LogP contribution in [0, 0.1) is 0 Å². The second kappa shape index (κ2) is 14.5. The normalized spacial score (nSPS) is 10.6. The minimum atomic E-state index is 0.179. The molecule has 0 heterocycles. The van der Waals surface area contributed by atoms with Gasteiger partial charge >= 0.3 is 0 Å². The number of nitrogens with one attached hydrogen (secondary N) is 2. The lowest BCUT2D eigenvalue weighted by molar-refractivity contribution is -0.121. The summed E-state index contributed by atoms with van der Waals surface area (Å²) in [5.74, 6) is 0.179. The molecule has 0 aliphatic heterocycles. The van der Waals surface area contributed by atoms with Crippen molar-refractivity contribution in [2.45, 2.75) is 58.3 Å². The smallest absolute Gasteiger partial charge is 0.220 e. The van der Waals surface area contributed by atoms with E-state index in [-0.39, 0.29) is 5.91 Å². The van der Waals surface area contributed by atoms with Gasteiger partial charge in [-0.25, -0.2) is 0 Å². The number of nitrogens with two attached hydrogens (primary N) is 1. The van der Waals surface area contributed by atoms with Gasteiger partial charge in [0.25, 0.3) is 0 Å². The Balaban J connectivity index is 3.12. The maximum absolute atomic E-state index is 11.4. The van der Waals surface area contributed by atoms with Gasteiger partial charge in [0.05, 0.1) is 0 Å². The zero-order valence-corrected chi connectivity index (χ0v) is 12.0. The van der Waals surface area contributed by atoms with E-state index in [2.05, 4.69) is 17.6 Å². The van der Waals surface area contributed by atoms with Crippen molar-refractivity contribution in [1.29, 1.82) is 0 Å². The Morgan fingerprint density at radius 3 is 2.28 bits per heavy atom. The predicted octanol–water partition coefficient (Wildman–Crippen LogP) is 1.79. The van der Waals surface area contributed by atoms with Crippen LogP contribution in [-0.2, 0) is 4.79 Å². The van der Waals surface area contributed by atoms with Gasteiger partial charge in [-0.15, -0.1) is 0 Å². The SMILES string of the molecule is CCCCCCCCCC(=O)NCCNCCN. The number of hydrogen-bond acceptors (Lipinski definition) is 3. The molecule has 0 saturated heterocycles. The fraction of sp³-hybridized carbons (Fsp3) is 0.929. The van der Waals surface area contributed by atoms with Gasteiger partial charge in [0, 0.05) is 32.6 Å². The van der Waals surface area contributed by atoms with Gasteiger partial charge in [-0.3, -0.25) is 4.79 Å². The van der Waals surface area contributed by atoms with Gasteiger partial charge in [0.15, 0.2) is 0 Å². The van der Waals surface area contributed by atoms with Crippen molar-refractivity contribution < 1.29 is 4.79 Å². The quantitative estimate of drug-likeness (QED) is 0.441. The molecule has 0 aromatic carbocycles. The van der Waals surface area contributed by atoms with E-state index in [9.17, 15) is 4.79 Å². The van der Waals surface area contributed by atoms with Crippen molar-refractivity contribution in [1.82, 2.24) is 10.6 Å². The molecule has 0 spiro atoms. The molecule has 0 fully saturated rings. The van der Waals surface area contributed by atoms with Crippen molar-refractivity contribution in [3.8, 4) is 0 Å². The Morgan fingerprint density at radius 2 is 1.61 bits per heavy atom. The topological polar surface area (TPSA) is 67.2 Å². The lowest BCUT2D eigenvalue weighted by Gasteiger charge is -2.06. The van der Waals surface area contributed by atoms with Crippen LogP contribution in [0.25, 0.3) is 0 Å². The molecule has 4 heteroatoms. The molecule has 0 radical (unpaired) electrons. The molecule has 0 aliphatic carbocycles. The lowest BCUT2D eigenvalue weighted by Crippen LogP contribution is -2.33. The molecule has 1 amide bonds. The van der Waals surface area contributed by atoms with E-state index >= 15 is 0 Å². The molecule has 0 rings (SSSR count). The maximum Gasteiger partial charge on any atom is 0.220 e. The van der Waals surface area contributed by atoms with Crippen LogP contribution >= 0.6 is 0 Å². The first-order valence-corrected chi connectivity index (χ1v) is 7.48. The third kappa shape index (κ3) is 13.5. The maximum atomic E-state index is 11.4. The second-order valence-electron chi connectivity index (χ2n) is 4.76. The van der Waals surface area contributed by atoms with Crippen LogP contribution < -0.4 is 16.4 Å².